The first-order valence-electron chi connectivity index (χ1n) is 8.07. The second-order valence-corrected chi connectivity index (χ2v) is 7.05. The fraction of sp³-hybridized carbons (Fsp3) is 0.278. The Bertz CT molecular complexity index is 802. The van der Waals surface area contributed by atoms with Gasteiger partial charge in [-0.2, -0.15) is 0 Å². The molecule has 0 fully saturated rings. The second-order valence-electron chi connectivity index (χ2n) is 6.01. The number of hydrogen-bond acceptors (Lipinski definition) is 7. The maximum atomic E-state index is 4.45. The van der Waals surface area contributed by atoms with E-state index in [4.69, 9.17) is 0 Å². The van der Waals surface area contributed by atoms with Crippen LogP contribution in [0.25, 0.3) is 10.4 Å². The minimum atomic E-state index is 0.796. The van der Waals surface area contributed by atoms with Crippen molar-refractivity contribution in [1.82, 2.24) is 19.9 Å². The molecule has 0 unspecified atom stereocenters. The standard InChI is InChI=1S/C18H22N6S/c1-23(2)10-11-24(3)15-6-9-20-17(12-15)22-18-21-13-16(25-18)14-4-7-19-8-5-14/h4-9,12-13H,10-11H2,1-3H3,(H,20,21,22). The largest absolute Gasteiger partial charge is 0.373 e. The highest BCUT2D eigenvalue weighted by Gasteiger charge is 2.07. The summed E-state index contributed by atoms with van der Waals surface area (Å²) in [6.07, 6.45) is 7.27. The monoisotopic (exact) mass is 354 g/mol. The zero-order valence-electron chi connectivity index (χ0n) is 14.7. The van der Waals surface area contributed by atoms with Crippen molar-refractivity contribution in [1.29, 1.82) is 0 Å². The van der Waals surface area contributed by atoms with Gasteiger partial charge in [0, 0.05) is 56.7 Å². The normalized spacial score (nSPS) is 10.9. The molecule has 3 aromatic heterocycles. The van der Waals surface area contributed by atoms with Crippen molar-refractivity contribution in [3.8, 4) is 10.4 Å². The van der Waals surface area contributed by atoms with Crippen LogP contribution >= 0.6 is 11.3 Å². The average molecular weight is 354 g/mol. The maximum absolute atomic E-state index is 4.45. The van der Waals surface area contributed by atoms with Gasteiger partial charge >= 0.3 is 0 Å². The molecule has 130 valence electrons. The highest BCUT2D eigenvalue weighted by Crippen LogP contribution is 2.30. The summed E-state index contributed by atoms with van der Waals surface area (Å²) in [5.74, 6) is 0.796. The lowest BCUT2D eigenvalue weighted by atomic mass is 10.2. The number of thiazole rings is 1. The van der Waals surface area contributed by atoms with Crippen molar-refractivity contribution < 1.29 is 0 Å². The van der Waals surface area contributed by atoms with Crippen LogP contribution in [0.4, 0.5) is 16.6 Å². The number of anilines is 3. The number of rotatable bonds is 7. The quantitative estimate of drug-likeness (QED) is 0.702. The van der Waals surface area contributed by atoms with Gasteiger partial charge in [0.05, 0.1) is 4.88 Å². The Labute approximate surface area is 152 Å². The third kappa shape index (κ3) is 4.74. The first-order valence-corrected chi connectivity index (χ1v) is 8.88. The van der Waals surface area contributed by atoms with E-state index in [1.165, 1.54) is 0 Å². The van der Waals surface area contributed by atoms with E-state index in [2.05, 4.69) is 51.2 Å². The van der Waals surface area contributed by atoms with E-state index in [0.717, 1.165) is 40.2 Å². The Morgan fingerprint density at radius 3 is 2.56 bits per heavy atom. The van der Waals surface area contributed by atoms with Gasteiger partial charge in [-0.3, -0.25) is 4.98 Å². The zero-order valence-corrected chi connectivity index (χ0v) is 15.5. The Hall–Kier alpha value is -2.51. The van der Waals surface area contributed by atoms with Crippen LogP contribution in [0.1, 0.15) is 0 Å². The average Bonchev–Trinajstić information content (AvgIpc) is 3.09. The van der Waals surface area contributed by atoms with E-state index < -0.39 is 0 Å². The number of pyridine rings is 2. The first kappa shape index (κ1) is 17.3. The van der Waals surface area contributed by atoms with Gasteiger partial charge in [0.15, 0.2) is 5.13 Å². The predicted octanol–water partition coefficient (Wildman–Crippen LogP) is 3.34. The fourth-order valence-electron chi connectivity index (χ4n) is 2.30. The van der Waals surface area contributed by atoms with Crippen molar-refractivity contribution in [2.75, 3.05) is 44.4 Å². The summed E-state index contributed by atoms with van der Waals surface area (Å²) >= 11 is 1.60. The molecular formula is C18H22N6S. The van der Waals surface area contributed by atoms with Gasteiger partial charge in [-0.25, -0.2) is 9.97 Å². The lowest BCUT2D eigenvalue weighted by molar-refractivity contribution is 0.416. The van der Waals surface area contributed by atoms with Crippen LogP contribution < -0.4 is 10.2 Å². The van der Waals surface area contributed by atoms with Crippen LogP contribution in [0.5, 0.6) is 0 Å². The lowest BCUT2D eigenvalue weighted by Gasteiger charge is -2.21. The highest BCUT2D eigenvalue weighted by atomic mass is 32.1. The number of aromatic nitrogens is 3. The van der Waals surface area contributed by atoms with E-state index in [1.807, 2.05) is 36.7 Å². The molecule has 0 radical (unpaired) electrons. The van der Waals surface area contributed by atoms with Gasteiger partial charge in [0.2, 0.25) is 0 Å². The van der Waals surface area contributed by atoms with Gasteiger partial charge in [0.1, 0.15) is 5.82 Å². The van der Waals surface area contributed by atoms with E-state index in [-0.39, 0.29) is 0 Å². The first-order chi connectivity index (χ1) is 12.1. The summed E-state index contributed by atoms with van der Waals surface area (Å²) in [4.78, 5) is 18.4. The van der Waals surface area contributed by atoms with Crippen LogP contribution in [-0.2, 0) is 0 Å². The second kappa shape index (κ2) is 8.04. The molecule has 0 bridgehead atoms. The Morgan fingerprint density at radius 2 is 1.80 bits per heavy atom. The van der Waals surface area contributed by atoms with Crippen LogP contribution in [0.15, 0.2) is 49.1 Å². The molecule has 3 aromatic rings. The van der Waals surface area contributed by atoms with Crippen molar-refractivity contribution >= 4 is 28.0 Å². The summed E-state index contributed by atoms with van der Waals surface area (Å²) < 4.78 is 0. The van der Waals surface area contributed by atoms with Crippen molar-refractivity contribution in [3.05, 3.63) is 49.1 Å². The molecular weight excluding hydrogens is 332 g/mol. The Kier molecular flexibility index (Phi) is 5.57. The maximum Gasteiger partial charge on any atom is 0.188 e. The Balaban J connectivity index is 1.69. The van der Waals surface area contributed by atoms with Gasteiger partial charge < -0.3 is 15.1 Å². The molecule has 3 heterocycles. The van der Waals surface area contributed by atoms with E-state index in [9.17, 15) is 0 Å². The molecule has 1 N–H and O–H groups in total. The molecule has 0 aliphatic carbocycles. The third-order valence-corrected chi connectivity index (χ3v) is 4.73. The number of nitrogens with zero attached hydrogens (tertiary/aromatic N) is 5. The molecule has 0 atom stereocenters. The molecule has 6 nitrogen and oxygen atoms in total. The third-order valence-electron chi connectivity index (χ3n) is 3.77. The molecule has 7 heteroatoms. The van der Waals surface area contributed by atoms with Gasteiger partial charge in [-0.05, 0) is 37.9 Å². The molecule has 0 spiro atoms. The minimum absolute atomic E-state index is 0.796. The Morgan fingerprint density at radius 1 is 1.00 bits per heavy atom. The van der Waals surface area contributed by atoms with Gasteiger partial charge in [-0.1, -0.05) is 11.3 Å². The molecule has 0 saturated heterocycles. The summed E-state index contributed by atoms with van der Waals surface area (Å²) in [5, 5.41) is 4.12. The molecule has 0 saturated carbocycles. The fourth-order valence-corrected chi connectivity index (χ4v) is 3.12. The van der Waals surface area contributed by atoms with Gasteiger partial charge in [0.25, 0.3) is 0 Å². The molecule has 0 aliphatic rings. The van der Waals surface area contributed by atoms with Crippen molar-refractivity contribution in [2.45, 2.75) is 0 Å². The summed E-state index contributed by atoms with van der Waals surface area (Å²) in [6.45, 7) is 1.96. The van der Waals surface area contributed by atoms with Crippen LogP contribution in [0.2, 0.25) is 0 Å². The predicted molar refractivity (Wildman–Crippen MR) is 105 cm³/mol. The molecule has 0 aliphatic heterocycles. The van der Waals surface area contributed by atoms with E-state index >= 15 is 0 Å². The zero-order chi connectivity index (χ0) is 17.6. The molecule has 25 heavy (non-hydrogen) atoms. The molecule has 0 aromatic carbocycles. The summed E-state index contributed by atoms with van der Waals surface area (Å²) in [7, 11) is 6.25. The topological polar surface area (TPSA) is 57.2 Å². The number of nitrogens with one attached hydrogen (secondary N) is 1. The van der Waals surface area contributed by atoms with Crippen LogP contribution in [0, 0.1) is 0 Å². The molecule has 0 amide bonds. The summed E-state index contributed by atoms with van der Waals surface area (Å²) in [5.41, 5.74) is 2.25. The van der Waals surface area contributed by atoms with Crippen molar-refractivity contribution in [2.24, 2.45) is 0 Å². The summed E-state index contributed by atoms with van der Waals surface area (Å²) in [6, 6.07) is 8.03. The SMILES string of the molecule is CN(C)CCN(C)c1ccnc(Nc2ncc(-c3ccncc3)s2)c1. The van der Waals surface area contributed by atoms with Gasteiger partial charge in [-0.15, -0.1) is 0 Å². The smallest absolute Gasteiger partial charge is 0.188 e. The minimum Gasteiger partial charge on any atom is -0.373 e. The number of hydrogen-bond donors (Lipinski definition) is 1. The van der Waals surface area contributed by atoms with Crippen LogP contribution in [-0.4, -0.2) is 54.1 Å². The molecule has 3 rings (SSSR count). The van der Waals surface area contributed by atoms with E-state index in [1.54, 1.807) is 23.7 Å². The van der Waals surface area contributed by atoms with E-state index in [0.29, 0.717) is 0 Å². The van der Waals surface area contributed by atoms with Crippen molar-refractivity contribution in [3.63, 3.8) is 0 Å². The number of likely N-dealkylation sites (N-methyl/N-ethyl adjacent to an activating group) is 2. The highest BCUT2D eigenvalue weighted by molar-refractivity contribution is 7.18. The lowest BCUT2D eigenvalue weighted by Crippen LogP contribution is -2.28. The van der Waals surface area contributed by atoms with Crippen LogP contribution in [0.3, 0.4) is 0 Å².